The van der Waals surface area contributed by atoms with Crippen LogP contribution in [-0.4, -0.2) is 16.7 Å². The molecular weight excluding hydrogens is 384 g/mol. The molecule has 0 saturated heterocycles. The maximum absolute atomic E-state index is 12.0. The third-order valence-corrected chi connectivity index (χ3v) is 4.22. The van der Waals surface area contributed by atoms with Crippen LogP contribution in [0, 0.1) is 0 Å². The van der Waals surface area contributed by atoms with E-state index in [0.29, 0.717) is 22.9 Å². The Labute approximate surface area is 174 Å². The van der Waals surface area contributed by atoms with E-state index in [9.17, 15) is 9.59 Å². The van der Waals surface area contributed by atoms with Crippen LogP contribution in [0.5, 0.6) is 0 Å². The third-order valence-electron chi connectivity index (χ3n) is 4.05. The second kappa shape index (κ2) is 9.71. The van der Waals surface area contributed by atoms with Gasteiger partial charge in [-0.25, -0.2) is 4.98 Å². The van der Waals surface area contributed by atoms with Gasteiger partial charge in [0.15, 0.2) is 17.2 Å². The van der Waals surface area contributed by atoms with E-state index in [1.807, 2.05) is 30.3 Å². The van der Waals surface area contributed by atoms with Gasteiger partial charge in [-0.2, -0.15) is 12.6 Å². The fraction of sp³-hybridized carbons (Fsp3) is 0.0870. The fourth-order valence-corrected chi connectivity index (χ4v) is 2.78. The number of carbonyl (C=O) groups is 2. The zero-order valence-electron chi connectivity index (χ0n) is 15.8. The largest absolute Gasteiger partial charge is 0.435 e. The maximum Gasteiger partial charge on any atom is 0.228 e. The molecule has 1 N–H and O–H groups in total. The SMILES string of the molecule is CC(=O)c1nc(-c2ccccc2)oc1-c1ccc(NC(=O)C/C=C/C=C\S)cc1. The molecule has 0 spiro atoms. The Morgan fingerprint density at radius 3 is 2.41 bits per heavy atom. The van der Waals surface area contributed by atoms with Crippen LogP contribution >= 0.6 is 12.6 Å². The molecule has 2 aromatic carbocycles. The number of Topliss-reactive ketones (excluding diaryl/α,β-unsaturated/α-hetero) is 1. The van der Waals surface area contributed by atoms with E-state index >= 15 is 0 Å². The molecule has 0 aliphatic heterocycles. The van der Waals surface area contributed by atoms with Crippen molar-refractivity contribution >= 4 is 30.0 Å². The van der Waals surface area contributed by atoms with Crippen molar-refractivity contribution in [3.8, 4) is 22.8 Å². The van der Waals surface area contributed by atoms with Gasteiger partial charge in [0, 0.05) is 30.2 Å². The molecule has 0 fully saturated rings. The van der Waals surface area contributed by atoms with Crippen LogP contribution in [0.1, 0.15) is 23.8 Å². The van der Waals surface area contributed by atoms with Crippen molar-refractivity contribution in [2.24, 2.45) is 0 Å². The Kier molecular flexibility index (Phi) is 6.81. The summed E-state index contributed by atoms with van der Waals surface area (Å²) in [6.07, 6.45) is 5.50. The minimum Gasteiger partial charge on any atom is -0.435 e. The zero-order valence-corrected chi connectivity index (χ0v) is 16.7. The second-order valence-electron chi connectivity index (χ2n) is 6.22. The van der Waals surface area contributed by atoms with E-state index < -0.39 is 0 Å². The van der Waals surface area contributed by atoms with Crippen molar-refractivity contribution in [2.75, 3.05) is 5.32 Å². The molecule has 29 heavy (non-hydrogen) atoms. The highest BCUT2D eigenvalue weighted by Gasteiger charge is 2.19. The Morgan fingerprint density at radius 1 is 1.03 bits per heavy atom. The first kappa shape index (κ1) is 20.4. The summed E-state index contributed by atoms with van der Waals surface area (Å²) in [5.41, 5.74) is 2.44. The molecule has 6 heteroatoms. The molecule has 0 atom stereocenters. The highest BCUT2D eigenvalue weighted by atomic mass is 32.1. The van der Waals surface area contributed by atoms with E-state index in [1.165, 1.54) is 6.92 Å². The molecule has 0 radical (unpaired) electrons. The summed E-state index contributed by atoms with van der Waals surface area (Å²) in [5.74, 6) is 0.503. The van der Waals surface area contributed by atoms with Crippen molar-refractivity contribution in [1.29, 1.82) is 0 Å². The van der Waals surface area contributed by atoms with Gasteiger partial charge in [0.25, 0.3) is 0 Å². The van der Waals surface area contributed by atoms with Crippen molar-refractivity contribution < 1.29 is 14.0 Å². The lowest BCUT2D eigenvalue weighted by Crippen LogP contribution is -2.09. The number of allylic oxidation sites excluding steroid dienone is 2. The summed E-state index contributed by atoms with van der Waals surface area (Å²) in [6.45, 7) is 1.46. The van der Waals surface area contributed by atoms with E-state index in [-0.39, 0.29) is 23.8 Å². The number of rotatable bonds is 7. The lowest BCUT2D eigenvalue weighted by atomic mass is 10.1. The van der Waals surface area contributed by atoms with Gasteiger partial charge >= 0.3 is 0 Å². The summed E-state index contributed by atoms with van der Waals surface area (Å²) in [4.78, 5) is 28.4. The van der Waals surface area contributed by atoms with Crippen molar-refractivity contribution in [3.63, 3.8) is 0 Å². The number of amides is 1. The Balaban J connectivity index is 1.80. The van der Waals surface area contributed by atoms with Gasteiger partial charge in [-0.15, -0.1) is 0 Å². The van der Waals surface area contributed by atoms with Gasteiger partial charge in [-0.05, 0) is 41.8 Å². The second-order valence-corrected chi connectivity index (χ2v) is 6.52. The van der Waals surface area contributed by atoms with Crippen molar-refractivity contribution in [2.45, 2.75) is 13.3 Å². The summed E-state index contributed by atoms with van der Waals surface area (Å²) >= 11 is 3.94. The van der Waals surface area contributed by atoms with Crippen LogP contribution in [0.3, 0.4) is 0 Å². The standard InChI is InChI=1S/C23H20N2O3S/c1-16(26)21-22(28-23(25-21)18-8-4-2-5-9-18)17-11-13-19(14-12-17)24-20(27)10-6-3-7-15-29/h2-9,11-15,29H,10H2,1H3,(H,24,27)/b6-3+,15-7-. The van der Waals surface area contributed by atoms with Crippen LogP contribution in [0.4, 0.5) is 5.69 Å². The molecule has 0 saturated carbocycles. The van der Waals surface area contributed by atoms with Gasteiger partial charge in [-0.3, -0.25) is 9.59 Å². The van der Waals surface area contributed by atoms with Crippen LogP contribution < -0.4 is 5.32 Å². The first-order chi connectivity index (χ1) is 14.1. The van der Waals surface area contributed by atoms with Crippen molar-refractivity contribution in [1.82, 2.24) is 4.98 Å². The number of benzene rings is 2. The zero-order chi connectivity index (χ0) is 20.6. The molecule has 1 aromatic heterocycles. The van der Waals surface area contributed by atoms with Gasteiger partial charge in [0.2, 0.25) is 11.8 Å². The van der Waals surface area contributed by atoms with Gasteiger partial charge < -0.3 is 9.73 Å². The van der Waals surface area contributed by atoms with Gasteiger partial charge in [0.05, 0.1) is 0 Å². The predicted molar refractivity (Wildman–Crippen MR) is 118 cm³/mol. The summed E-state index contributed by atoms with van der Waals surface area (Å²) in [6, 6.07) is 16.5. The molecule has 3 rings (SSSR count). The highest BCUT2D eigenvalue weighted by Crippen LogP contribution is 2.30. The number of anilines is 1. The molecule has 0 bridgehead atoms. The molecule has 1 amide bonds. The first-order valence-corrected chi connectivity index (χ1v) is 9.53. The topological polar surface area (TPSA) is 72.2 Å². The Morgan fingerprint density at radius 2 is 1.76 bits per heavy atom. The van der Waals surface area contributed by atoms with E-state index in [2.05, 4.69) is 22.9 Å². The molecule has 0 unspecified atom stereocenters. The third kappa shape index (κ3) is 5.33. The van der Waals surface area contributed by atoms with Gasteiger partial charge in [-0.1, -0.05) is 36.4 Å². The van der Waals surface area contributed by atoms with Crippen molar-refractivity contribution in [3.05, 3.63) is 83.9 Å². The van der Waals surface area contributed by atoms with E-state index in [4.69, 9.17) is 4.42 Å². The Bertz CT molecular complexity index is 1050. The summed E-state index contributed by atoms with van der Waals surface area (Å²) < 4.78 is 5.90. The Hall–Kier alpha value is -3.38. The smallest absolute Gasteiger partial charge is 0.228 e. The molecule has 0 aliphatic rings. The molecule has 3 aromatic rings. The van der Waals surface area contributed by atoms with Crippen LogP contribution in [0.2, 0.25) is 0 Å². The maximum atomic E-state index is 12.0. The van der Waals surface area contributed by atoms with Crippen LogP contribution in [-0.2, 0) is 4.79 Å². The first-order valence-electron chi connectivity index (χ1n) is 9.02. The van der Waals surface area contributed by atoms with E-state index in [0.717, 1.165) is 5.56 Å². The average molecular weight is 404 g/mol. The molecule has 5 nitrogen and oxygen atoms in total. The number of nitrogens with one attached hydrogen (secondary N) is 1. The number of carbonyl (C=O) groups excluding carboxylic acids is 2. The monoisotopic (exact) mass is 404 g/mol. The van der Waals surface area contributed by atoms with Crippen LogP contribution in [0.15, 0.2) is 82.7 Å². The van der Waals surface area contributed by atoms with Gasteiger partial charge in [0.1, 0.15) is 0 Å². The highest BCUT2D eigenvalue weighted by molar-refractivity contribution is 7.83. The summed E-state index contributed by atoms with van der Waals surface area (Å²) in [5, 5.41) is 4.41. The average Bonchev–Trinajstić information content (AvgIpc) is 3.18. The minimum atomic E-state index is -0.176. The fourth-order valence-electron chi connectivity index (χ4n) is 2.68. The predicted octanol–water partition coefficient (Wildman–Crippen LogP) is 5.54. The number of ketones is 1. The number of oxazole rings is 1. The number of aromatic nitrogens is 1. The summed E-state index contributed by atoms with van der Waals surface area (Å²) in [7, 11) is 0. The number of hydrogen-bond acceptors (Lipinski definition) is 5. The van der Waals surface area contributed by atoms with E-state index in [1.54, 1.807) is 47.9 Å². The number of nitrogens with zero attached hydrogens (tertiary/aromatic N) is 1. The minimum absolute atomic E-state index is 0.128. The quantitative estimate of drug-likeness (QED) is 0.308. The van der Waals surface area contributed by atoms with Crippen LogP contribution in [0.25, 0.3) is 22.8 Å². The molecular formula is C23H20N2O3S. The molecule has 1 heterocycles. The molecule has 146 valence electrons. The normalized spacial score (nSPS) is 11.2. The lowest BCUT2D eigenvalue weighted by molar-refractivity contribution is -0.115. The number of thiol groups is 1. The lowest BCUT2D eigenvalue weighted by Gasteiger charge is -2.05. The molecule has 0 aliphatic carbocycles. The number of hydrogen-bond donors (Lipinski definition) is 2.